The summed E-state index contributed by atoms with van der Waals surface area (Å²) in [5.74, 6) is -2.80. The van der Waals surface area contributed by atoms with Crippen molar-refractivity contribution < 1.29 is 23.8 Å². The molecule has 5 nitrogen and oxygen atoms in total. The van der Waals surface area contributed by atoms with Gasteiger partial charge in [0.25, 0.3) is 5.91 Å². The average molecular weight is 267 g/mol. The van der Waals surface area contributed by atoms with Crippen molar-refractivity contribution in [3.05, 3.63) is 42.2 Å². The summed E-state index contributed by atoms with van der Waals surface area (Å²) in [6.07, 6.45) is 1.40. The van der Waals surface area contributed by atoms with Crippen molar-refractivity contribution in [2.24, 2.45) is 0 Å². The zero-order valence-corrected chi connectivity index (χ0v) is 10.4. The van der Waals surface area contributed by atoms with Crippen molar-refractivity contribution in [1.29, 1.82) is 0 Å². The first-order valence-corrected chi connectivity index (χ1v) is 5.48. The first-order valence-electron chi connectivity index (χ1n) is 5.48. The van der Waals surface area contributed by atoms with Gasteiger partial charge < -0.3 is 15.2 Å². The van der Waals surface area contributed by atoms with Crippen LogP contribution in [0.5, 0.6) is 5.75 Å². The van der Waals surface area contributed by atoms with E-state index in [2.05, 4.69) is 11.9 Å². The number of amides is 1. The lowest BCUT2D eigenvalue weighted by molar-refractivity contribution is -0.139. The zero-order valence-electron chi connectivity index (χ0n) is 10.4. The SMILES string of the molecule is C=CCC(NC(=O)c1c(F)cccc1OC)C(=O)O. The summed E-state index contributed by atoms with van der Waals surface area (Å²) >= 11 is 0. The highest BCUT2D eigenvalue weighted by Crippen LogP contribution is 2.21. The van der Waals surface area contributed by atoms with Gasteiger partial charge in [-0.25, -0.2) is 9.18 Å². The summed E-state index contributed by atoms with van der Waals surface area (Å²) in [5, 5.41) is 11.1. The number of carboxylic acid groups (broad SMARTS) is 1. The van der Waals surface area contributed by atoms with E-state index in [0.29, 0.717) is 0 Å². The molecule has 102 valence electrons. The summed E-state index contributed by atoms with van der Waals surface area (Å²) in [6.45, 7) is 3.40. The standard InChI is InChI=1S/C13H14FNO4/c1-3-5-9(13(17)18)15-12(16)11-8(14)6-4-7-10(11)19-2/h3-4,6-7,9H,1,5H2,2H3,(H,15,16)(H,17,18). The molecular formula is C13H14FNO4. The van der Waals surface area contributed by atoms with Gasteiger partial charge in [0, 0.05) is 0 Å². The van der Waals surface area contributed by atoms with Crippen LogP contribution in [0.4, 0.5) is 4.39 Å². The van der Waals surface area contributed by atoms with E-state index in [1.165, 1.54) is 25.3 Å². The Morgan fingerprint density at radius 3 is 2.79 bits per heavy atom. The Kier molecular flexibility index (Phi) is 5.05. The molecule has 0 saturated heterocycles. The van der Waals surface area contributed by atoms with Gasteiger partial charge in [-0.2, -0.15) is 0 Å². The van der Waals surface area contributed by atoms with E-state index in [-0.39, 0.29) is 17.7 Å². The molecule has 0 aliphatic rings. The van der Waals surface area contributed by atoms with E-state index in [0.717, 1.165) is 6.07 Å². The van der Waals surface area contributed by atoms with Crippen LogP contribution in [0.3, 0.4) is 0 Å². The normalized spacial score (nSPS) is 11.5. The van der Waals surface area contributed by atoms with Gasteiger partial charge in [-0.15, -0.1) is 6.58 Å². The average Bonchev–Trinajstić information content (AvgIpc) is 2.37. The lowest BCUT2D eigenvalue weighted by Crippen LogP contribution is -2.40. The number of rotatable bonds is 6. The van der Waals surface area contributed by atoms with Crippen LogP contribution in [-0.2, 0) is 4.79 Å². The minimum absolute atomic E-state index is 0.0395. The van der Waals surface area contributed by atoms with Crippen molar-refractivity contribution in [1.82, 2.24) is 5.32 Å². The number of methoxy groups -OCH3 is 1. The molecule has 1 aromatic carbocycles. The highest BCUT2D eigenvalue weighted by molar-refractivity contribution is 5.99. The van der Waals surface area contributed by atoms with Gasteiger partial charge in [-0.3, -0.25) is 4.79 Å². The van der Waals surface area contributed by atoms with Gasteiger partial charge in [-0.1, -0.05) is 12.1 Å². The Bertz CT molecular complexity index is 501. The first kappa shape index (κ1) is 14.7. The third kappa shape index (κ3) is 3.54. The molecule has 6 heteroatoms. The van der Waals surface area contributed by atoms with Crippen LogP contribution in [0.15, 0.2) is 30.9 Å². The Labute approximate surface area is 109 Å². The highest BCUT2D eigenvalue weighted by atomic mass is 19.1. The predicted molar refractivity (Wildman–Crippen MR) is 66.7 cm³/mol. The number of aliphatic carboxylic acids is 1. The fourth-order valence-electron chi connectivity index (χ4n) is 1.51. The molecule has 0 aliphatic carbocycles. The molecule has 1 rings (SSSR count). The summed E-state index contributed by atoms with van der Waals surface area (Å²) in [6, 6.07) is 2.75. The smallest absolute Gasteiger partial charge is 0.326 e. The van der Waals surface area contributed by atoms with E-state index >= 15 is 0 Å². The number of hydrogen-bond donors (Lipinski definition) is 2. The van der Waals surface area contributed by atoms with E-state index in [1.807, 2.05) is 0 Å². The van der Waals surface area contributed by atoms with Gasteiger partial charge in [0.05, 0.1) is 7.11 Å². The maximum Gasteiger partial charge on any atom is 0.326 e. The van der Waals surface area contributed by atoms with Crippen molar-refractivity contribution >= 4 is 11.9 Å². The van der Waals surface area contributed by atoms with Crippen LogP contribution in [-0.4, -0.2) is 30.1 Å². The van der Waals surface area contributed by atoms with E-state index in [4.69, 9.17) is 9.84 Å². The quantitative estimate of drug-likeness (QED) is 0.767. The predicted octanol–water partition coefficient (Wildman–Crippen LogP) is 1.59. The minimum atomic E-state index is -1.22. The summed E-state index contributed by atoms with van der Waals surface area (Å²) in [5.41, 5.74) is -0.319. The molecule has 0 bridgehead atoms. The number of ether oxygens (including phenoxy) is 1. The van der Waals surface area contributed by atoms with Crippen molar-refractivity contribution in [3.8, 4) is 5.75 Å². The number of hydrogen-bond acceptors (Lipinski definition) is 3. The van der Waals surface area contributed by atoms with Crippen molar-refractivity contribution in [3.63, 3.8) is 0 Å². The molecule has 0 heterocycles. The first-order chi connectivity index (χ1) is 9.01. The van der Waals surface area contributed by atoms with Gasteiger partial charge in [-0.05, 0) is 18.6 Å². The fraction of sp³-hybridized carbons (Fsp3) is 0.231. The molecule has 1 amide bonds. The third-order valence-electron chi connectivity index (χ3n) is 2.43. The lowest BCUT2D eigenvalue weighted by Gasteiger charge is -2.14. The zero-order chi connectivity index (χ0) is 14.4. The van der Waals surface area contributed by atoms with Crippen molar-refractivity contribution in [2.75, 3.05) is 7.11 Å². The fourth-order valence-corrected chi connectivity index (χ4v) is 1.51. The van der Waals surface area contributed by atoms with Gasteiger partial charge in [0.1, 0.15) is 23.2 Å². The van der Waals surface area contributed by atoms with Crippen molar-refractivity contribution in [2.45, 2.75) is 12.5 Å². The second-order valence-corrected chi connectivity index (χ2v) is 3.71. The van der Waals surface area contributed by atoms with E-state index in [9.17, 15) is 14.0 Å². The molecule has 0 saturated carbocycles. The maximum atomic E-state index is 13.6. The molecule has 1 unspecified atom stereocenters. The molecule has 1 atom stereocenters. The second kappa shape index (κ2) is 6.53. The number of carbonyl (C=O) groups is 2. The molecule has 0 radical (unpaired) electrons. The largest absolute Gasteiger partial charge is 0.496 e. The molecule has 1 aromatic rings. The molecular weight excluding hydrogens is 253 g/mol. The Balaban J connectivity index is 3.00. The van der Waals surface area contributed by atoms with Crippen LogP contribution in [0.2, 0.25) is 0 Å². The van der Waals surface area contributed by atoms with Gasteiger partial charge >= 0.3 is 5.97 Å². The summed E-state index contributed by atoms with van der Waals surface area (Å²) < 4.78 is 18.5. The molecule has 0 fully saturated rings. The second-order valence-electron chi connectivity index (χ2n) is 3.71. The topological polar surface area (TPSA) is 75.6 Å². The number of nitrogens with one attached hydrogen (secondary N) is 1. The van der Waals surface area contributed by atoms with Gasteiger partial charge in [0.15, 0.2) is 0 Å². The van der Waals surface area contributed by atoms with Crippen LogP contribution >= 0.6 is 0 Å². The lowest BCUT2D eigenvalue weighted by atomic mass is 10.1. The van der Waals surface area contributed by atoms with Crippen LogP contribution in [0.25, 0.3) is 0 Å². The summed E-state index contributed by atoms with van der Waals surface area (Å²) in [4.78, 5) is 22.8. The molecule has 19 heavy (non-hydrogen) atoms. The number of carbonyl (C=O) groups excluding carboxylic acids is 1. The Hall–Kier alpha value is -2.37. The monoisotopic (exact) mass is 267 g/mol. The van der Waals surface area contributed by atoms with Crippen LogP contribution < -0.4 is 10.1 Å². The summed E-state index contributed by atoms with van der Waals surface area (Å²) in [7, 11) is 1.30. The highest BCUT2D eigenvalue weighted by Gasteiger charge is 2.23. The van der Waals surface area contributed by atoms with E-state index in [1.54, 1.807) is 0 Å². The number of carboxylic acids is 1. The Morgan fingerprint density at radius 1 is 1.58 bits per heavy atom. The molecule has 0 aromatic heterocycles. The van der Waals surface area contributed by atoms with Gasteiger partial charge in [0.2, 0.25) is 0 Å². The third-order valence-corrected chi connectivity index (χ3v) is 2.43. The van der Waals surface area contributed by atoms with Crippen LogP contribution in [0, 0.1) is 5.82 Å². The molecule has 2 N–H and O–H groups in total. The Morgan fingerprint density at radius 2 is 2.26 bits per heavy atom. The van der Waals surface area contributed by atoms with E-state index < -0.39 is 23.7 Å². The minimum Gasteiger partial charge on any atom is -0.496 e. The molecule has 0 aliphatic heterocycles. The molecule has 0 spiro atoms. The maximum absolute atomic E-state index is 13.6. The number of halogens is 1. The number of benzene rings is 1. The van der Waals surface area contributed by atoms with Crippen LogP contribution in [0.1, 0.15) is 16.8 Å².